The summed E-state index contributed by atoms with van der Waals surface area (Å²) in [6.45, 7) is 6.31. The molecule has 0 aliphatic heterocycles. The number of carbonyl (C=O) groups is 2. The maximum atomic E-state index is 13.7. The van der Waals surface area contributed by atoms with Gasteiger partial charge in [0.05, 0.1) is 24.3 Å². The van der Waals surface area contributed by atoms with Gasteiger partial charge >= 0.3 is 5.97 Å². The number of aliphatic carboxylic acids is 1. The third kappa shape index (κ3) is 7.49. The van der Waals surface area contributed by atoms with Gasteiger partial charge < -0.3 is 20.2 Å². The zero-order valence-corrected chi connectivity index (χ0v) is 22.3. The molecule has 0 saturated carbocycles. The summed E-state index contributed by atoms with van der Waals surface area (Å²) < 4.78 is 15.3. The second kappa shape index (κ2) is 12.8. The van der Waals surface area contributed by atoms with Gasteiger partial charge in [-0.05, 0) is 61.9 Å². The number of benzene rings is 2. The third-order valence-electron chi connectivity index (χ3n) is 6.43. The van der Waals surface area contributed by atoms with E-state index in [0.29, 0.717) is 24.3 Å². The first kappa shape index (κ1) is 29.0. The highest BCUT2D eigenvalue weighted by molar-refractivity contribution is 5.94. The number of hydrogen-bond acceptors (Lipinski definition) is 5. The Hall–Kier alpha value is -3.56. The minimum absolute atomic E-state index is 0.0827. The molecule has 0 spiro atoms. The highest BCUT2D eigenvalue weighted by Crippen LogP contribution is 2.29. The van der Waals surface area contributed by atoms with Gasteiger partial charge in [-0.2, -0.15) is 5.10 Å². The molecule has 0 unspecified atom stereocenters. The molecule has 9 heteroatoms. The zero-order chi connectivity index (χ0) is 28.0. The maximum Gasteiger partial charge on any atom is 0.305 e. The first-order chi connectivity index (χ1) is 18.0. The average Bonchev–Trinajstić information content (AvgIpc) is 3.23. The molecule has 2 atom stereocenters. The van der Waals surface area contributed by atoms with Crippen LogP contribution in [0.1, 0.15) is 71.9 Å². The van der Waals surface area contributed by atoms with Crippen LogP contribution in [-0.2, 0) is 17.8 Å². The molecule has 0 aliphatic rings. The van der Waals surface area contributed by atoms with Crippen molar-refractivity contribution in [3.63, 3.8) is 0 Å². The van der Waals surface area contributed by atoms with Gasteiger partial charge in [0.15, 0.2) is 5.69 Å². The predicted octanol–water partition coefficient (Wildman–Crippen LogP) is 4.23. The molecule has 1 amide bonds. The number of carboxylic acid groups (broad SMARTS) is 1. The van der Waals surface area contributed by atoms with Gasteiger partial charge in [-0.3, -0.25) is 9.59 Å². The minimum atomic E-state index is -1.17. The lowest BCUT2D eigenvalue weighted by atomic mass is 9.95. The lowest BCUT2D eigenvalue weighted by Crippen LogP contribution is -2.27. The van der Waals surface area contributed by atoms with E-state index in [-0.39, 0.29) is 30.4 Å². The number of aliphatic hydroxyl groups excluding tert-OH is 2. The van der Waals surface area contributed by atoms with Crippen molar-refractivity contribution < 1.29 is 29.3 Å². The van der Waals surface area contributed by atoms with Gasteiger partial charge in [-0.1, -0.05) is 43.7 Å². The molecule has 0 aliphatic carbocycles. The van der Waals surface area contributed by atoms with Crippen LogP contribution in [0.2, 0.25) is 0 Å². The standard InChI is InChI=1S/C29H36FN3O5/c1-18(2)27-25(14-13-23(34)15-24(35)16-26(36)37)33(22-11-9-21(30)10-12-22)31-28(27)29(38)32(4)17-20-7-5-19(3)6-8-20/h5-12,18,23-24,34-35H,13-17H2,1-4H3,(H,36,37)/t23-,24-/m1/s1. The Morgan fingerprint density at radius 1 is 1.03 bits per heavy atom. The molecule has 3 aromatic rings. The van der Waals surface area contributed by atoms with Crippen LogP contribution in [0.5, 0.6) is 0 Å². The Bertz CT molecular complexity index is 1240. The molecule has 3 rings (SSSR count). The van der Waals surface area contributed by atoms with Crippen molar-refractivity contribution in [3.8, 4) is 5.69 Å². The molecule has 0 saturated heterocycles. The van der Waals surface area contributed by atoms with Gasteiger partial charge in [0.2, 0.25) is 0 Å². The van der Waals surface area contributed by atoms with E-state index in [1.54, 1.807) is 28.8 Å². The number of aliphatic hydroxyl groups is 2. The van der Waals surface area contributed by atoms with Gasteiger partial charge in [0, 0.05) is 24.8 Å². The van der Waals surface area contributed by atoms with E-state index in [1.807, 2.05) is 45.0 Å². The number of amides is 1. The molecule has 2 aromatic carbocycles. The molecule has 0 fully saturated rings. The van der Waals surface area contributed by atoms with Gasteiger partial charge in [-0.25, -0.2) is 9.07 Å². The summed E-state index contributed by atoms with van der Waals surface area (Å²) >= 11 is 0. The van der Waals surface area contributed by atoms with E-state index in [1.165, 1.54) is 12.1 Å². The zero-order valence-electron chi connectivity index (χ0n) is 22.3. The van der Waals surface area contributed by atoms with Crippen molar-refractivity contribution in [3.05, 3.63) is 82.4 Å². The monoisotopic (exact) mass is 525 g/mol. The summed E-state index contributed by atoms with van der Waals surface area (Å²) in [5, 5.41) is 34.0. The number of nitrogens with zero attached hydrogens (tertiary/aromatic N) is 3. The quantitative estimate of drug-likeness (QED) is 0.326. The van der Waals surface area contributed by atoms with Crippen molar-refractivity contribution in [1.82, 2.24) is 14.7 Å². The van der Waals surface area contributed by atoms with E-state index >= 15 is 0 Å². The summed E-state index contributed by atoms with van der Waals surface area (Å²) in [5.74, 6) is -1.88. The molecule has 204 valence electrons. The summed E-state index contributed by atoms with van der Waals surface area (Å²) in [6.07, 6.45) is -2.12. The van der Waals surface area contributed by atoms with Crippen molar-refractivity contribution in [2.45, 2.75) is 71.1 Å². The first-order valence-electron chi connectivity index (χ1n) is 12.7. The number of aromatic nitrogens is 2. The number of aryl methyl sites for hydroxylation is 1. The molecule has 38 heavy (non-hydrogen) atoms. The molecule has 1 heterocycles. The number of halogens is 1. The fourth-order valence-electron chi connectivity index (χ4n) is 4.51. The van der Waals surface area contributed by atoms with E-state index in [9.17, 15) is 24.2 Å². The first-order valence-corrected chi connectivity index (χ1v) is 12.7. The van der Waals surface area contributed by atoms with Crippen molar-refractivity contribution in [1.29, 1.82) is 0 Å². The van der Waals surface area contributed by atoms with Gasteiger partial charge in [0.1, 0.15) is 5.82 Å². The Kier molecular flexibility index (Phi) is 9.77. The van der Waals surface area contributed by atoms with Crippen LogP contribution in [0.25, 0.3) is 5.69 Å². The molecule has 3 N–H and O–H groups in total. The second-order valence-corrected chi connectivity index (χ2v) is 10.1. The molecular weight excluding hydrogens is 489 g/mol. The summed E-state index contributed by atoms with van der Waals surface area (Å²) in [7, 11) is 1.72. The minimum Gasteiger partial charge on any atom is -0.481 e. The lowest BCUT2D eigenvalue weighted by molar-refractivity contribution is -0.139. The van der Waals surface area contributed by atoms with Crippen LogP contribution in [0, 0.1) is 12.7 Å². The third-order valence-corrected chi connectivity index (χ3v) is 6.43. The smallest absolute Gasteiger partial charge is 0.305 e. The Balaban J connectivity index is 1.95. The molecule has 8 nitrogen and oxygen atoms in total. The summed E-state index contributed by atoms with van der Waals surface area (Å²) in [4.78, 5) is 26.1. The van der Waals surface area contributed by atoms with Crippen LogP contribution in [0.4, 0.5) is 4.39 Å². The van der Waals surface area contributed by atoms with E-state index in [4.69, 9.17) is 5.11 Å². The van der Waals surface area contributed by atoms with Crippen LogP contribution in [-0.4, -0.2) is 61.1 Å². The fourth-order valence-corrected chi connectivity index (χ4v) is 4.51. The molecule has 1 aromatic heterocycles. The molecular formula is C29H36FN3O5. The lowest BCUT2D eigenvalue weighted by Gasteiger charge is -2.18. The predicted molar refractivity (Wildman–Crippen MR) is 142 cm³/mol. The van der Waals surface area contributed by atoms with Crippen molar-refractivity contribution in [2.24, 2.45) is 0 Å². The van der Waals surface area contributed by atoms with Gasteiger partial charge in [0.25, 0.3) is 5.91 Å². The highest BCUT2D eigenvalue weighted by atomic mass is 19.1. The summed E-state index contributed by atoms with van der Waals surface area (Å²) in [5.41, 5.74) is 4.40. The van der Waals surface area contributed by atoms with Crippen molar-refractivity contribution in [2.75, 3.05) is 7.05 Å². The number of hydrogen-bond donors (Lipinski definition) is 3. The Morgan fingerprint density at radius 3 is 2.24 bits per heavy atom. The Labute approximate surface area is 222 Å². The SMILES string of the molecule is Cc1ccc(CN(C)C(=O)c2nn(-c3ccc(F)cc3)c(CC[C@@H](O)C[C@@H](O)CC(=O)O)c2C(C)C)cc1. The highest BCUT2D eigenvalue weighted by Gasteiger charge is 2.28. The average molecular weight is 526 g/mol. The molecule has 0 radical (unpaired) electrons. The van der Waals surface area contributed by atoms with E-state index in [0.717, 1.165) is 16.7 Å². The Morgan fingerprint density at radius 2 is 1.66 bits per heavy atom. The normalized spacial score (nSPS) is 12.9. The van der Waals surface area contributed by atoms with E-state index < -0.39 is 30.4 Å². The van der Waals surface area contributed by atoms with Crippen LogP contribution >= 0.6 is 0 Å². The number of rotatable bonds is 12. The summed E-state index contributed by atoms with van der Waals surface area (Å²) in [6, 6.07) is 13.7. The van der Waals surface area contributed by atoms with Crippen molar-refractivity contribution >= 4 is 11.9 Å². The second-order valence-electron chi connectivity index (χ2n) is 10.1. The fraction of sp³-hybridized carbons (Fsp3) is 0.414. The number of carboxylic acids is 1. The van der Waals surface area contributed by atoms with Crippen LogP contribution < -0.4 is 0 Å². The molecule has 0 bridgehead atoms. The maximum absolute atomic E-state index is 13.7. The van der Waals surface area contributed by atoms with Gasteiger partial charge in [-0.15, -0.1) is 0 Å². The topological polar surface area (TPSA) is 116 Å². The number of carbonyl (C=O) groups excluding carboxylic acids is 1. The van der Waals surface area contributed by atoms with Crippen LogP contribution in [0.15, 0.2) is 48.5 Å². The van der Waals surface area contributed by atoms with E-state index in [2.05, 4.69) is 5.10 Å². The largest absolute Gasteiger partial charge is 0.481 e. The van der Waals surface area contributed by atoms with Crippen LogP contribution in [0.3, 0.4) is 0 Å².